The van der Waals surface area contributed by atoms with Gasteiger partial charge in [0.2, 0.25) is 5.91 Å². The Labute approximate surface area is 164 Å². The molecule has 1 aliphatic rings. The van der Waals surface area contributed by atoms with E-state index in [1.54, 1.807) is 0 Å². The average molecular weight is 453 g/mol. The molecule has 1 rings (SSSR count). The number of likely N-dealkylation sites (tertiary alicyclic amines) is 1. The van der Waals surface area contributed by atoms with Gasteiger partial charge in [0.15, 0.2) is 5.96 Å². The molecule has 24 heavy (non-hydrogen) atoms. The second-order valence-electron chi connectivity index (χ2n) is 6.49. The molecule has 0 radical (unpaired) electrons. The first-order valence-corrected chi connectivity index (χ1v) is 9.00. The number of hydrogen-bond donors (Lipinski definition) is 2. The number of amides is 1. The number of rotatable bonds is 8. The summed E-state index contributed by atoms with van der Waals surface area (Å²) in [5, 5.41) is 6.25. The molecule has 1 unspecified atom stereocenters. The smallest absolute Gasteiger partial charge is 0.222 e. The summed E-state index contributed by atoms with van der Waals surface area (Å²) in [7, 11) is 2.10. The number of carbonyl (C=O) groups is 1. The van der Waals surface area contributed by atoms with Crippen LogP contribution < -0.4 is 10.6 Å². The van der Waals surface area contributed by atoms with Gasteiger partial charge in [0.1, 0.15) is 0 Å². The monoisotopic (exact) mass is 453 g/mol. The van der Waals surface area contributed by atoms with Gasteiger partial charge in [-0.05, 0) is 32.9 Å². The number of hydrogen-bond acceptors (Lipinski definition) is 3. The van der Waals surface area contributed by atoms with Crippen molar-refractivity contribution in [2.24, 2.45) is 10.9 Å². The van der Waals surface area contributed by atoms with Crippen molar-refractivity contribution in [1.29, 1.82) is 0 Å². The number of nitrogens with one attached hydrogen (secondary N) is 2. The lowest BCUT2D eigenvalue weighted by atomic mass is 10.2. The van der Waals surface area contributed by atoms with Crippen molar-refractivity contribution in [2.75, 3.05) is 46.3 Å². The summed E-state index contributed by atoms with van der Waals surface area (Å²) in [6.07, 6.45) is 2.56. The minimum absolute atomic E-state index is 0. The van der Waals surface area contributed by atoms with Crippen molar-refractivity contribution in [3.8, 4) is 0 Å². The summed E-state index contributed by atoms with van der Waals surface area (Å²) in [4.78, 5) is 21.0. The summed E-state index contributed by atoms with van der Waals surface area (Å²) in [6.45, 7) is 13.5. The van der Waals surface area contributed by atoms with E-state index in [9.17, 15) is 4.79 Å². The van der Waals surface area contributed by atoms with Gasteiger partial charge in [-0.3, -0.25) is 14.7 Å². The topological polar surface area (TPSA) is 60.0 Å². The molecule has 2 N–H and O–H groups in total. The number of halogens is 1. The highest BCUT2D eigenvalue weighted by atomic mass is 127. The predicted octanol–water partition coefficient (Wildman–Crippen LogP) is 1.76. The molecule has 1 saturated heterocycles. The average Bonchev–Trinajstić information content (AvgIpc) is 2.96. The maximum absolute atomic E-state index is 11.6. The minimum Gasteiger partial charge on any atom is -0.357 e. The van der Waals surface area contributed by atoms with Crippen LogP contribution in [0.25, 0.3) is 0 Å². The van der Waals surface area contributed by atoms with Crippen LogP contribution in [0.5, 0.6) is 0 Å². The Hall–Kier alpha value is -0.570. The van der Waals surface area contributed by atoms with E-state index in [0.717, 1.165) is 25.6 Å². The summed E-state index contributed by atoms with van der Waals surface area (Å²) in [5.41, 5.74) is 0. The lowest BCUT2D eigenvalue weighted by Gasteiger charge is -2.29. The molecular formula is C17H36IN5O. The van der Waals surface area contributed by atoms with Crippen molar-refractivity contribution >= 4 is 35.8 Å². The maximum Gasteiger partial charge on any atom is 0.222 e. The van der Waals surface area contributed by atoms with Crippen LogP contribution in [0, 0.1) is 5.92 Å². The molecule has 1 heterocycles. The highest BCUT2D eigenvalue weighted by Gasteiger charge is 2.24. The standard InChI is InChI=1S/C17H35N5O.HI/c1-6-18-17(20-11-10-19-16(23)14(3)4)21(5)13-15-9-8-12-22(15)7-2;/h14-15H,6-13H2,1-5H3,(H,18,20)(H,19,23);1H. The third-order valence-electron chi connectivity index (χ3n) is 4.28. The molecule has 1 aliphatic heterocycles. The van der Waals surface area contributed by atoms with Crippen LogP contribution in [-0.2, 0) is 4.79 Å². The molecule has 0 aromatic heterocycles. The molecule has 1 atom stereocenters. The maximum atomic E-state index is 11.6. The highest BCUT2D eigenvalue weighted by molar-refractivity contribution is 14.0. The van der Waals surface area contributed by atoms with Crippen molar-refractivity contribution in [1.82, 2.24) is 20.4 Å². The zero-order valence-electron chi connectivity index (χ0n) is 16.0. The van der Waals surface area contributed by atoms with E-state index < -0.39 is 0 Å². The molecule has 0 aromatic rings. The molecule has 0 spiro atoms. The van der Waals surface area contributed by atoms with Crippen LogP contribution in [-0.4, -0.2) is 74.0 Å². The molecule has 7 heteroatoms. The Balaban J connectivity index is 0.00000529. The van der Waals surface area contributed by atoms with Gasteiger partial charge < -0.3 is 15.5 Å². The summed E-state index contributed by atoms with van der Waals surface area (Å²) in [6, 6.07) is 0.620. The third-order valence-corrected chi connectivity index (χ3v) is 4.28. The Kier molecular flexibility index (Phi) is 12.4. The third kappa shape index (κ3) is 8.00. The van der Waals surface area contributed by atoms with Gasteiger partial charge in [-0.1, -0.05) is 20.8 Å². The molecule has 142 valence electrons. The molecule has 0 saturated carbocycles. The van der Waals surface area contributed by atoms with E-state index in [4.69, 9.17) is 0 Å². The minimum atomic E-state index is 0. The summed E-state index contributed by atoms with van der Waals surface area (Å²) in [5.74, 6) is 1.04. The van der Waals surface area contributed by atoms with Crippen LogP contribution in [0.3, 0.4) is 0 Å². The van der Waals surface area contributed by atoms with Crippen LogP contribution in [0.15, 0.2) is 4.99 Å². The lowest BCUT2D eigenvalue weighted by Crippen LogP contribution is -2.46. The van der Waals surface area contributed by atoms with E-state index in [-0.39, 0.29) is 35.8 Å². The first-order valence-electron chi connectivity index (χ1n) is 9.00. The van der Waals surface area contributed by atoms with Gasteiger partial charge in [0, 0.05) is 38.6 Å². The predicted molar refractivity (Wildman–Crippen MR) is 112 cm³/mol. The summed E-state index contributed by atoms with van der Waals surface area (Å²) < 4.78 is 0. The number of aliphatic imine (C=N–C) groups is 1. The van der Waals surface area contributed by atoms with Gasteiger partial charge in [0.05, 0.1) is 6.54 Å². The zero-order chi connectivity index (χ0) is 17.2. The fraction of sp³-hybridized carbons (Fsp3) is 0.882. The van der Waals surface area contributed by atoms with Crippen LogP contribution >= 0.6 is 24.0 Å². The van der Waals surface area contributed by atoms with Crippen LogP contribution in [0.2, 0.25) is 0 Å². The second-order valence-corrected chi connectivity index (χ2v) is 6.49. The summed E-state index contributed by atoms with van der Waals surface area (Å²) >= 11 is 0. The highest BCUT2D eigenvalue weighted by Crippen LogP contribution is 2.17. The molecular weight excluding hydrogens is 417 g/mol. The number of nitrogens with zero attached hydrogens (tertiary/aromatic N) is 3. The fourth-order valence-corrected chi connectivity index (χ4v) is 2.94. The largest absolute Gasteiger partial charge is 0.357 e. The first-order chi connectivity index (χ1) is 11.0. The van der Waals surface area contributed by atoms with Crippen molar-refractivity contribution in [2.45, 2.75) is 46.6 Å². The molecule has 1 amide bonds. The Bertz CT molecular complexity index is 389. The fourth-order valence-electron chi connectivity index (χ4n) is 2.94. The van der Waals surface area contributed by atoms with Gasteiger partial charge in [-0.25, -0.2) is 0 Å². The number of guanidine groups is 1. The van der Waals surface area contributed by atoms with E-state index in [0.29, 0.717) is 19.1 Å². The van der Waals surface area contributed by atoms with Crippen molar-refractivity contribution < 1.29 is 4.79 Å². The van der Waals surface area contributed by atoms with Gasteiger partial charge in [-0.15, -0.1) is 24.0 Å². The molecule has 1 fully saturated rings. The number of carbonyl (C=O) groups excluding carboxylic acids is 1. The second kappa shape index (κ2) is 12.7. The SMILES string of the molecule is CCNC(=NCCNC(=O)C(C)C)N(C)CC1CCCN1CC.I. The van der Waals surface area contributed by atoms with Gasteiger partial charge in [-0.2, -0.15) is 0 Å². The van der Waals surface area contributed by atoms with Gasteiger partial charge in [0.25, 0.3) is 0 Å². The number of likely N-dealkylation sites (N-methyl/N-ethyl adjacent to an activating group) is 2. The van der Waals surface area contributed by atoms with E-state index in [1.807, 2.05) is 13.8 Å². The van der Waals surface area contributed by atoms with Crippen LogP contribution in [0.1, 0.15) is 40.5 Å². The van der Waals surface area contributed by atoms with E-state index >= 15 is 0 Å². The molecule has 0 aliphatic carbocycles. The first kappa shape index (κ1) is 23.4. The molecule has 0 bridgehead atoms. The quantitative estimate of drug-likeness (QED) is 0.255. The lowest BCUT2D eigenvalue weighted by molar-refractivity contribution is -0.123. The van der Waals surface area contributed by atoms with Crippen LogP contribution in [0.4, 0.5) is 0 Å². The Morgan fingerprint density at radius 1 is 1.33 bits per heavy atom. The van der Waals surface area contributed by atoms with Gasteiger partial charge >= 0.3 is 0 Å². The van der Waals surface area contributed by atoms with E-state index in [2.05, 4.69) is 46.3 Å². The normalized spacial score (nSPS) is 18.4. The Morgan fingerprint density at radius 3 is 2.62 bits per heavy atom. The van der Waals surface area contributed by atoms with E-state index in [1.165, 1.54) is 19.4 Å². The molecule has 6 nitrogen and oxygen atoms in total. The molecule has 0 aromatic carbocycles. The zero-order valence-corrected chi connectivity index (χ0v) is 18.3. The Morgan fingerprint density at radius 2 is 2.04 bits per heavy atom. The van der Waals surface area contributed by atoms with Crippen molar-refractivity contribution in [3.63, 3.8) is 0 Å². The van der Waals surface area contributed by atoms with Crippen molar-refractivity contribution in [3.05, 3.63) is 0 Å².